The largest absolute Gasteiger partial charge is 0.300 e. The van der Waals surface area contributed by atoms with Gasteiger partial charge in [-0.2, -0.15) is 4.31 Å². The van der Waals surface area contributed by atoms with Crippen molar-refractivity contribution in [3.63, 3.8) is 0 Å². The van der Waals surface area contributed by atoms with Crippen molar-refractivity contribution in [3.05, 3.63) is 66.2 Å². The van der Waals surface area contributed by atoms with Crippen molar-refractivity contribution in [3.8, 4) is 0 Å². The lowest BCUT2D eigenvalue weighted by Gasteiger charge is -2.34. The molecule has 0 radical (unpaired) electrons. The molecule has 1 saturated heterocycles. The standard InChI is InChI=1S/C17H17NO3S/c19-15-11-12-18(17(13-15)14-7-3-1-4-8-14)22(20,21)16-9-5-2-6-10-16/h1-10,17H,11-13H2. The number of nitrogens with zero attached hydrogens (tertiary/aromatic N) is 1. The first kappa shape index (κ1) is 14.9. The Morgan fingerprint density at radius 3 is 2.14 bits per heavy atom. The van der Waals surface area contributed by atoms with Gasteiger partial charge in [0.2, 0.25) is 10.0 Å². The first-order chi connectivity index (χ1) is 10.6. The Morgan fingerprint density at radius 2 is 1.50 bits per heavy atom. The molecule has 0 saturated carbocycles. The molecule has 1 heterocycles. The molecule has 114 valence electrons. The minimum Gasteiger partial charge on any atom is -0.300 e. The van der Waals surface area contributed by atoms with E-state index in [0.717, 1.165) is 5.56 Å². The van der Waals surface area contributed by atoms with Gasteiger partial charge in [-0.05, 0) is 17.7 Å². The predicted octanol–water partition coefficient (Wildman–Crippen LogP) is 2.78. The summed E-state index contributed by atoms with van der Waals surface area (Å²) in [5.41, 5.74) is 0.857. The summed E-state index contributed by atoms with van der Waals surface area (Å²) in [4.78, 5) is 12.1. The lowest BCUT2D eigenvalue weighted by molar-refractivity contribution is -0.121. The SMILES string of the molecule is O=C1CCN(S(=O)(=O)c2ccccc2)C(c2ccccc2)C1. The zero-order valence-electron chi connectivity index (χ0n) is 12.1. The summed E-state index contributed by atoms with van der Waals surface area (Å²) in [5.74, 6) is 0.105. The van der Waals surface area contributed by atoms with E-state index in [1.807, 2.05) is 30.3 Å². The number of carbonyl (C=O) groups excluding carboxylic acids is 1. The smallest absolute Gasteiger partial charge is 0.243 e. The summed E-state index contributed by atoms with van der Waals surface area (Å²) in [5, 5.41) is 0. The molecule has 1 fully saturated rings. The molecule has 0 N–H and O–H groups in total. The highest BCUT2D eigenvalue weighted by Crippen LogP contribution is 2.33. The van der Waals surface area contributed by atoms with Gasteiger partial charge in [-0.3, -0.25) is 4.79 Å². The number of carbonyl (C=O) groups is 1. The van der Waals surface area contributed by atoms with Crippen LogP contribution in [-0.4, -0.2) is 25.1 Å². The monoisotopic (exact) mass is 315 g/mol. The van der Waals surface area contributed by atoms with Crippen LogP contribution >= 0.6 is 0 Å². The van der Waals surface area contributed by atoms with Crippen LogP contribution in [0.3, 0.4) is 0 Å². The molecule has 1 aliphatic heterocycles. The van der Waals surface area contributed by atoms with Crippen molar-refractivity contribution in [2.75, 3.05) is 6.54 Å². The van der Waals surface area contributed by atoms with Crippen molar-refractivity contribution in [2.24, 2.45) is 0 Å². The Labute approximate surface area is 130 Å². The zero-order chi connectivity index (χ0) is 15.6. The van der Waals surface area contributed by atoms with Crippen LogP contribution in [-0.2, 0) is 14.8 Å². The minimum absolute atomic E-state index is 0.105. The van der Waals surface area contributed by atoms with Crippen LogP contribution in [0.1, 0.15) is 24.4 Å². The van der Waals surface area contributed by atoms with E-state index < -0.39 is 16.1 Å². The van der Waals surface area contributed by atoms with E-state index in [0.29, 0.717) is 0 Å². The first-order valence-electron chi connectivity index (χ1n) is 7.22. The summed E-state index contributed by atoms with van der Waals surface area (Å²) in [6.07, 6.45) is 0.505. The molecule has 5 heteroatoms. The van der Waals surface area contributed by atoms with Crippen LogP contribution in [0.5, 0.6) is 0 Å². The maximum atomic E-state index is 12.9. The fourth-order valence-electron chi connectivity index (χ4n) is 2.79. The van der Waals surface area contributed by atoms with E-state index in [4.69, 9.17) is 0 Å². The maximum absolute atomic E-state index is 12.9. The molecule has 0 aliphatic carbocycles. The van der Waals surface area contributed by atoms with Crippen molar-refractivity contribution < 1.29 is 13.2 Å². The number of piperidine rings is 1. The van der Waals surface area contributed by atoms with Gasteiger partial charge in [0, 0.05) is 19.4 Å². The van der Waals surface area contributed by atoms with Gasteiger partial charge >= 0.3 is 0 Å². The van der Waals surface area contributed by atoms with Crippen LogP contribution in [0.4, 0.5) is 0 Å². The summed E-state index contributed by atoms with van der Waals surface area (Å²) in [7, 11) is -3.60. The molecule has 1 unspecified atom stereocenters. The van der Waals surface area contributed by atoms with E-state index >= 15 is 0 Å². The van der Waals surface area contributed by atoms with E-state index in [1.165, 1.54) is 4.31 Å². The Morgan fingerprint density at radius 1 is 0.909 bits per heavy atom. The topological polar surface area (TPSA) is 54.5 Å². The van der Waals surface area contributed by atoms with Crippen molar-refractivity contribution in [1.82, 2.24) is 4.31 Å². The normalized spacial score (nSPS) is 20.0. The average Bonchev–Trinajstić information content (AvgIpc) is 2.56. The van der Waals surface area contributed by atoms with E-state index in [2.05, 4.69) is 0 Å². The van der Waals surface area contributed by atoms with Gasteiger partial charge in [-0.25, -0.2) is 8.42 Å². The van der Waals surface area contributed by atoms with Gasteiger partial charge in [0.25, 0.3) is 0 Å². The molecule has 2 aromatic carbocycles. The van der Waals surface area contributed by atoms with Gasteiger partial charge in [0.1, 0.15) is 5.78 Å². The number of benzene rings is 2. The number of hydrogen-bond donors (Lipinski definition) is 0. The van der Waals surface area contributed by atoms with Crippen LogP contribution in [0.2, 0.25) is 0 Å². The van der Waals surface area contributed by atoms with Crippen molar-refractivity contribution in [1.29, 1.82) is 0 Å². The molecule has 4 nitrogen and oxygen atoms in total. The van der Waals surface area contributed by atoms with Crippen molar-refractivity contribution >= 4 is 15.8 Å². The molecule has 0 bridgehead atoms. The molecular formula is C17H17NO3S. The maximum Gasteiger partial charge on any atom is 0.243 e. The summed E-state index contributed by atoms with van der Waals surface area (Å²) < 4.78 is 27.2. The molecule has 22 heavy (non-hydrogen) atoms. The Balaban J connectivity index is 2.02. The molecule has 0 amide bonds. The molecule has 0 aromatic heterocycles. The predicted molar refractivity (Wildman–Crippen MR) is 83.8 cm³/mol. The van der Waals surface area contributed by atoms with E-state index in [9.17, 15) is 13.2 Å². The Hall–Kier alpha value is -1.98. The lowest BCUT2D eigenvalue weighted by Crippen LogP contribution is -2.41. The van der Waals surface area contributed by atoms with Crippen molar-refractivity contribution in [2.45, 2.75) is 23.8 Å². The highest BCUT2D eigenvalue weighted by Gasteiger charge is 2.36. The number of ketones is 1. The number of sulfonamides is 1. The third kappa shape index (κ3) is 2.82. The second-order valence-corrected chi connectivity index (χ2v) is 7.24. The second-order valence-electron chi connectivity index (χ2n) is 5.35. The lowest BCUT2D eigenvalue weighted by atomic mass is 9.97. The van der Waals surface area contributed by atoms with Gasteiger partial charge in [-0.1, -0.05) is 48.5 Å². The highest BCUT2D eigenvalue weighted by atomic mass is 32.2. The van der Waals surface area contributed by atoms with Crippen LogP contribution in [0.25, 0.3) is 0 Å². The number of Topliss-reactive ketones (excluding diaryl/α,β-unsaturated/α-hetero) is 1. The van der Waals surface area contributed by atoms with E-state index in [1.54, 1.807) is 30.3 Å². The molecule has 3 rings (SSSR count). The fraction of sp³-hybridized carbons (Fsp3) is 0.235. The summed E-state index contributed by atoms with van der Waals surface area (Å²) in [6, 6.07) is 17.3. The van der Waals surface area contributed by atoms with Crippen LogP contribution in [0.15, 0.2) is 65.6 Å². The minimum atomic E-state index is -3.60. The zero-order valence-corrected chi connectivity index (χ0v) is 12.9. The quantitative estimate of drug-likeness (QED) is 0.875. The Kier molecular flexibility index (Phi) is 4.09. The highest BCUT2D eigenvalue weighted by molar-refractivity contribution is 7.89. The molecule has 2 aromatic rings. The fourth-order valence-corrected chi connectivity index (χ4v) is 4.42. The Bertz CT molecular complexity index is 757. The first-order valence-corrected chi connectivity index (χ1v) is 8.66. The average molecular weight is 315 g/mol. The van der Waals surface area contributed by atoms with Gasteiger partial charge in [0.05, 0.1) is 10.9 Å². The summed E-state index contributed by atoms with van der Waals surface area (Å²) in [6.45, 7) is 0.232. The molecule has 1 aliphatic rings. The van der Waals surface area contributed by atoms with Crippen LogP contribution < -0.4 is 0 Å². The second kappa shape index (κ2) is 6.02. The third-order valence-corrected chi connectivity index (χ3v) is 5.84. The van der Waals surface area contributed by atoms with Crippen LogP contribution in [0, 0.1) is 0 Å². The molecular weight excluding hydrogens is 298 g/mol. The number of rotatable bonds is 3. The van der Waals surface area contributed by atoms with Gasteiger partial charge in [0.15, 0.2) is 0 Å². The third-order valence-electron chi connectivity index (χ3n) is 3.91. The van der Waals surface area contributed by atoms with E-state index in [-0.39, 0.29) is 30.1 Å². The van der Waals surface area contributed by atoms with Gasteiger partial charge < -0.3 is 0 Å². The number of hydrogen-bond acceptors (Lipinski definition) is 3. The van der Waals surface area contributed by atoms with Gasteiger partial charge in [-0.15, -0.1) is 0 Å². The summed E-state index contributed by atoms with van der Waals surface area (Å²) >= 11 is 0. The molecule has 1 atom stereocenters. The molecule has 0 spiro atoms.